The van der Waals surface area contributed by atoms with Gasteiger partial charge in [0.15, 0.2) is 0 Å². The molecule has 0 unspecified atom stereocenters. The minimum absolute atomic E-state index is 0.730. The van der Waals surface area contributed by atoms with Gasteiger partial charge in [-0.15, -0.1) is 0 Å². The first-order valence-corrected chi connectivity index (χ1v) is 5.62. The second-order valence-corrected chi connectivity index (χ2v) is 4.08. The molecule has 0 bridgehead atoms. The van der Waals surface area contributed by atoms with E-state index in [-0.39, 0.29) is 0 Å². The van der Waals surface area contributed by atoms with E-state index in [2.05, 4.69) is 29.0 Å². The van der Waals surface area contributed by atoms with Crippen molar-refractivity contribution in [2.24, 2.45) is 0 Å². The first-order chi connectivity index (χ1) is 7.40. The summed E-state index contributed by atoms with van der Waals surface area (Å²) in [4.78, 5) is 0. The highest BCUT2D eigenvalue weighted by atomic mass is 16.5. The number of hydrogen-bond acceptors (Lipinski definition) is 1. The summed E-state index contributed by atoms with van der Waals surface area (Å²) in [7, 11) is 0. The average Bonchev–Trinajstić information content (AvgIpc) is 3.00. The summed E-state index contributed by atoms with van der Waals surface area (Å²) < 4.78 is 7.99. The Labute approximate surface area is 89.5 Å². The van der Waals surface area contributed by atoms with Crippen LogP contribution in [0.1, 0.15) is 25.8 Å². The summed E-state index contributed by atoms with van der Waals surface area (Å²) in [6.07, 6.45) is 4.83. The van der Waals surface area contributed by atoms with Gasteiger partial charge in [0.2, 0.25) is 0 Å². The highest BCUT2D eigenvalue weighted by Gasteiger charge is 2.24. The summed E-state index contributed by atoms with van der Waals surface area (Å²) in [6, 6.07) is 9.20. The lowest BCUT2D eigenvalue weighted by Crippen LogP contribution is -1.93. The molecule has 1 aliphatic carbocycles. The Morgan fingerprint density at radius 2 is 2.20 bits per heavy atom. The van der Waals surface area contributed by atoms with Crippen LogP contribution in [0.2, 0.25) is 0 Å². The standard InChI is InChI=1S/C13H15NO/c1-2-15-13-5-3-4-12-11(13)8-9-14(12)10-6-7-10/h3-5,8-10H,2,6-7H2,1H3. The normalized spacial score (nSPS) is 15.8. The Kier molecular flexibility index (Phi) is 1.94. The molecule has 0 aliphatic heterocycles. The number of benzene rings is 1. The highest BCUT2D eigenvalue weighted by molar-refractivity contribution is 5.86. The summed E-state index contributed by atoms with van der Waals surface area (Å²) in [6.45, 7) is 2.75. The smallest absolute Gasteiger partial charge is 0.128 e. The van der Waals surface area contributed by atoms with E-state index in [9.17, 15) is 0 Å². The molecule has 78 valence electrons. The zero-order chi connectivity index (χ0) is 10.3. The van der Waals surface area contributed by atoms with Crippen LogP contribution in [0, 0.1) is 0 Å². The topological polar surface area (TPSA) is 14.2 Å². The van der Waals surface area contributed by atoms with E-state index in [0.717, 1.165) is 18.4 Å². The number of hydrogen-bond donors (Lipinski definition) is 0. The van der Waals surface area contributed by atoms with E-state index in [0.29, 0.717) is 0 Å². The van der Waals surface area contributed by atoms with Crippen LogP contribution in [0.3, 0.4) is 0 Å². The molecule has 0 radical (unpaired) electrons. The van der Waals surface area contributed by atoms with Crippen molar-refractivity contribution in [3.05, 3.63) is 30.5 Å². The molecular weight excluding hydrogens is 186 g/mol. The zero-order valence-corrected chi connectivity index (χ0v) is 8.94. The van der Waals surface area contributed by atoms with Crippen LogP contribution in [-0.2, 0) is 0 Å². The number of nitrogens with zero attached hydrogens (tertiary/aromatic N) is 1. The minimum atomic E-state index is 0.730. The predicted molar refractivity (Wildman–Crippen MR) is 61.4 cm³/mol. The molecule has 1 aromatic heterocycles. The summed E-state index contributed by atoms with van der Waals surface area (Å²) in [5, 5.41) is 1.24. The van der Waals surface area contributed by atoms with Gasteiger partial charge >= 0.3 is 0 Å². The second kappa shape index (κ2) is 3.30. The van der Waals surface area contributed by atoms with Crippen LogP contribution in [0.5, 0.6) is 5.75 Å². The second-order valence-electron chi connectivity index (χ2n) is 4.08. The molecule has 0 amide bonds. The molecule has 1 fully saturated rings. The minimum Gasteiger partial charge on any atom is -0.493 e. The van der Waals surface area contributed by atoms with E-state index in [4.69, 9.17) is 4.74 Å². The van der Waals surface area contributed by atoms with Gasteiger partial charge in [0.25, 0.3) is 0 Å². The SMILES string of the molecule is CCOc1cccc2c1ccn2C1CC1. The van der Waals surface area contributed by atoms with E-state index in [1.165, 1.54) is 23.7 Å². The van der Waals surface area contributed by atoms with Crippen molar-refractivity contribution in [2.75, 3.05) is 6.61 Å². The van der Waals surface area contributed by atoms with Gasteiger partial charge in [-0.05, 0) is 38.0 Å². The fourth-order valence-electron chi connectivity index (χ4n) is 2.11. The van der Waals surface area contributed by atoms with Crippen molar-refractivity contribution in [3.8, 4) is 5.75 Å². The van der Waals surface area contributed by atoms with E-state index in [1.807, 2.05) is 13.0 Å². The predicted octanol–water partition coefficient (Wildman–Crippen LogP) is 3.37. The first-order valence-electron chi connectivity index (χ1n) is 5.62. The number of ether oxygens (including phenoxy) is 1. The van der Waals surface area contributed by atoms with Gasteiger partial charge in [-0.2, -0.15) is 0 Å². The maximum Gasteiger partial charge on any atom is 0.128 e. The average molecular weight is 201 g/mol. The van der Waals surface area contributed by atoms with Gasteiger partial charge in [0.05, 0.1) is 12.1 Å². The van der Waals surface area contributed by atoms with Gasteiger partial charge in [0, 0.05) is 17.6 Å². The lowest BCUT2D eigenvalue weighted by molar-refractivity contribution is 0.344. The van der Waals surface area contributed by atoms with Crippen LogP contribution < -0.4 is 4.74 Å². The van der Waals surface area contributed by atoms with E-state index >= 15 is 0 Å². The van der Waals surface area contributed by atoms with Gasteiger partial charge in [-0.1, -0.05) is 6.07 Å². The van der Waals surface area contributed by atoms with Crippen LogP contribution in [-0.4, -0.2) is 11.2 Å². The van der Waals surface area contributed by atoms with Gasteiger partial charge in [-0.25, -0.2) is 0 Å². The van der Waals surface area contributed by atoms with Gasteiger partial charge in [-0.3, -0.25) is 0 Å². The summed E-state index contributed by atoms with van der Waals surface area (Å²) in [5.41, 5.74) is 1.31. The van der Waals surface area contributed by atoms with Crippen LogP contribution in [0.25, 0.3) is 10.9 Å². The molecule has 1 heterocycles. The van der Waals surface area contributed by atoms with Crippen LogP contribution >= 0.6 is 0 Å². The molecule has 15 heavy (non-hydrogen) atoms. The Bertz CT molecular complexity index is 482. The maximum absolute atomic E-state index is 5.62. The third-order valence-corrected chi connectivity index (χ3v) is 2.96. The first kappa shape index (κ1) is 8.84. The van der Waals surface area contributed by atoms with Crippen molar-refractivity contribution in [2.45, 2.75) is 25.8 Å². The molecule has 1 aromatic carbocycles. The molecule has 0 saturated heterocycles. The van der Waals surface area contributed by atoms with Crippen molar-refractivity contribution in [1.82, 2.24) is 4.57 Å². The molecular formula is C13H15NO. The van der Waals surface area contributed by atoms with Gasteiger partial charge in [0.1, 0.15) is 5.75 Å². The zero-order valence-electron chi connectivity index (χ0n) is 8.94. The Morgan fingerprint density at radius 3 is 2.93 bits per heavy atom. The molecule has 1 saturated carbocycles. The van der Waals surface area contributed by atoms with Crippen molar-refractivity contribution < 1.29 is 4.74 Å². The quantitative estimate of drug-likeness (QED) is 0.742. The molecule has 1 aliphatic rings. The molecule has 2 heteroatoms. The van der Waals surface area contributed by atoms with E-state index in [1.54, 1.807) is 0 Å². The molecule has 0 spiro atoms. The van der Waals surface area contributed by atoms with E-state index < -0.39 is 0 Å². The molecule has 3 rings (SSSR count). The molecule has 0 N–H and O–H groups in total. The third kappa shape index (κ3) is 1.41. The number of aromatic nitrogens is 1. The fourth-order valence-corrected chi connectivity index (χ4v) is 2.11. The van der Waals surface area contributed by atoms with Crippen LogP contribution in [0.15, 0.2) is 30.5 Å². The summed E-state index contributed by atoms with van der Waals surface area (Å²) >= 11 is 0. The number of rotatable bonds is 3. The Morgan fingerprint density at radius 1 is 1.33 bits per heavy atom. The Hall–Kier alpha value is -1.44. The van der Waals surface area contributed by atoms with Crippen molar-refractivity contribution in [3.63, 3.8) is 0 Å². The number of fused-ring (bicyclic) bond motifs is 1. The fraction of sp³-hybridized carbons (Fsp3) is 0.385. The third-order valence-electron chi connectivity index (χ3n) is 2.96. The van der Waals surface area contributed by atoms with Gasteiger partial charge < -0.3 is 9.30 Å². The summed E-state index contributed by atoms with van der Waals surface area (Å²) in [5.74, 6) is 1.01. The monoisotopic (exact) mass is 201 g/mol. The highest BCUT2D eigenvalue weighted by Crippen LogP contribution is 2.39. The Balaban J connectivity index is 2.14. The molecule has 0 atom stereocenters. The van der Waals surface area contributed by atoms with Crippen LogP contribution in [0.4, 0.5) is 0 Å². The van der Waals surface area contributed by atoms with Crippen molar-refractivity contribution >= 4 is 10.9 Å². The largest absolute Gasteiger partial charge is 0.493 e. The molecule has 2 nitrogen and oxygen atoms in total. The lowest BCUT2D eigenvalue weighted by atomic mass is 10.2. The maximum atomic E-state index is 5.62. The van der Waals surface area contributed by atoms with Crippen molar-refractivity contribution in [1.29, 1.82) is 0 Å². The molecule has 2 aromatic rings. The lowest BCUT2D eigenvalue weighted by Gasteiger charge is -2.06.